The zero-order valence-electron chi connectivity index (χ0n) is 15.5. The third-order valence-corrected chi connectivity index (χ3v) is 5.07. The standard InChI is InChI=1S/C20H21N7O/c1-26-11-13(9-23-26)15-7-17-16(8-18(15)28)22-12-27(17)20-4-2-3-19(25-20)24-14-5-6-21-10-14/h2-4,7-9,11-12,14,21,28H,5-6,10H2,1H3,(H,24,25). The van der Waals surface area contributed by atoms with Gasteiger partial charge in [-0.25, -0.2) is 9.97 Å². The van der Waals surface area contributed by atoms with E-state index >= 15 is 0 Å². The van der Waals surface area contributed by atoms with E-state index in [0.717, 1.165) is 42.2 Å². The van der Waals surface area contributed by atoms with Crippen molar-refractivity contribution in [3.8, 4) is 22.7 Å². The average Bonchev–Trinajstić information content (AvgIpc) is 3.42. The van der Waals surface area contributed by atoms with Crippen molar-refractivity contribution in [2.75, 3.05) is 18.4 Å². The van der Waals surface area contributed by atoms with Gasteiger partial charge < -0.3 is 15.7 Å². The van der Waals surface area contributed by atoms with Crippen molar-refractivity contribution >= 4 is 16.9 Å². The normalized spacial score (nSPS) is 16.7. The van der Waals surface area contributed by atoms with Crippen molar-refractivity contribution < 1.29 is 5.11 Å². The lowest BCUT2D eigenvalue weighted by molar-refractivity contribution is 0.478. The number of nitrogens with one attached hydrogen (secondary N) is 2. The molecule has 8 nitrogen and oxygen atoms in total. The Morgan fingerprint density at radius 1 is 1.29 bits per heavy atom. The monoisotopic (exact) mass is 375 g/mol. The van der Waals surface area contributed by atoms with E-state index in [9.17, 15) is 5.11 Å². The van der Waals surface area contributed by atoms with E-state index in [2.05, 4.69) is 20.7 Å². The molecule has 28 heavy (non-hydrogen) atoms. The molecule has 5 rings (SSSR count). The van der Waals surface area contributed by atoms with Gasteiger partial charge in [-0.2, -0.15) is 5.10 Å². The van der Waals surface area contributed by atoms with Crippen LogP contribution in [0.4, 0.5) is 5.82 Å². The molecule has 1 atom stereocenters. The first-order valence-corrected chi connectivity index (χ1v) is 9.31. The molecule has 1 fully saturated rings. The molecule has 3 aromatic heterocycles. The molecule has 0 amide bonds. The minimum Gasteiger partial charge on any atom is -0.507 e. The van der Waals surface area contributed by atoms with Crippen LogP contribution in [-0.4, -0.2) is 48.6 Å². The van der Waals surface area contributed by atoms with Gasteiger partial charge in [0.25, 0.3) is 0 Å². The molecule has 8 heteroatoms. The summed E-state index contributed by atoms with van der Waals surface area (Å²) in [7, 11) is 1.85. The zero-order chi connectivity index (χ0) is 19.1. The molecule has 4 aromatic rings. The molecule has 0 aliphatic carbocycles. The number of rotatable bonds is 4. The molecule has 0 radical (unpaired) electrons. The van der Waals surface area contributed by atoms with Crippen LogP contribution < -0.4 is 10.6 Å². The molecule has 1 aliphatic heterocycles. The van der Waals surface area contributed by atoms with Gasteiger partial charge in [0.15, 0.2) is 0 Å². The van der Waals surface area contributed by atoms with E-state index < -0.39 is 0 Å². The fraction of sp³-hybridized carbons (Fsp3) is 0.250. The Morgan fingerprint density at radius 2 is 2.21 bits per heavy atom. The Bertz CT molecular complexity index is 1140. The molecule has 1 aliphatic rings. The van der Waals surface area contributed by atoms with Crippen LogP contribution in [0.1, 0.15) is 6.42 Å². The second-order valence-electron chi connectivity index (χ2n) is 7.09. The van der Waals surface area contributed by atoms with Gasteiger partial charge in [-0.15, -0.1) is 0 Å². The van der Waals surface area contributed by atoms with Crippen molar-refractivity contribution in [3.05, 3.63) is 49.1 Å². The number of imidazole rings is 1. The number of benzene rings is 1. The van der Waals surface area contributed by atoms with Crippen LogP contribution in [-0.2, 0) is 7.05 Å². The molecule has 0 bridgehead atoms. The summed E-state index contributed by atoms with van der Waals surface area (Å²) in [5.41, 5.74) is 3.16. The fourth-order valence-electron chi connectivity index (χ4n) is 3.64. The SMILES string of the molecule is Cn1cc(-c2cc3c(cc2O)ncn3-c2cccc(NC3CCNC3)n2)cn1. The Kier molecular flexibility index (Phi) is 3.98. The molecule has 1 unspecified atom stereocenters. The summed E-state index contributed by atoms with van der Waals surface area (Å²) in [5.74, 6) is 1.81. The van der Waals surface area contributed by atoms with Crippen molar-refractivity contribution in [1.29, 1.82) is 0 Å². The third kappa shape index (κ3) is 2.97. The number of hydrogen-bond donors (Lipinski definition) is 3. The first-order valence-electron chi connectivity index (χ1n) is 9.31. The molecular formula is C20H21N7O. The lowest BCUT2D eigenvalue weighted by Crippen LogP contribution is -2.22. The largest absolute Gasteiger partial charge is 0.507 e. The lowest BCUT2D eigenvalue weighted by atomic mass is 10.1. The predicted molar refractivity (Wildman–Crippen MR) is 108 cm³/mol. The van der Waals surface area contributed by atoms with E-state index in [1.165, 1.54) is 0 Å². The maximum absolute atomic E-state index is 10.4. The van der Waals surface area contributed by atoms with Gasteiger partial charge in [-0.05, 0) is 31.2 Å². The summed E-state index contributed by atoms with van der Waals surface area (Å²) < 4.78 is 3.65. The highest BCUT2D eigenvalue weighted by molar-refractivity contribution is 5.87. The van der Waals surface area contributed by atoms with Gasteiger partial charge in [0, 0.05) is 43.0 Å². The number of phenols is 1. The maximum atomic E-state index is 10.4. The minimum absolute atomic E-state index is 0.183. The van der Waals surface area contributed by atoms with Gasteiger partial charge in [0.2, 0.25) is 0 Å². The summed E-state index contributed by atoms with van der Waals surface area (Å²) >= 11 is 0. The van der Waals surface area contributed by atoms with E-state index in [0.29, 0.717) is 17.1 Å². The summed E-state index contributed by atoms with van der Waals surface area (Å²) in [5, 5.41) is 21.5. The highest BCUT2D eigenvalue weighted by Crippen LogP contribution is 2.33. The van der Waals surface area contributed by atoms with Crippen LogP contribution in [0.3, 0.4) is 0 Å². The number of aryl methyl sites for hydroxylation is 1. The smallest absolute Gasteiger partial charge is 0.140 e. The lowest BCUT2D eigenvalue weighted by Gasteiger charge is -2.13. The number of pyridine rings is 1. The van der Waals surface area contributed by atoms with E-state index in [1.54, 1.807) is 23.3 Å². The quantitative estimate of drug-likeness (QED) is 0.507. The number of aromatic nitrogens is 5. The summed E-state index contributed by atoms with van der Waals surface area (Å²) in [6, 6.07) is 9.93. The molecular weight excluding hydrogens is 354 g/mol. The number of aromatic hydroxyl groups is 1. The van der Waals surface area contributed by atoms with E-state index in [-0.39, 0.29) is 5.75 Å². The second-order valence-corrected chi connectivity index (χ2v) is 7.09. The molecule has 142 valence electrons. The Labute approximate surface area is 161 Å². The summed E-state index contributed by atoms with van der Waals surface area (Å²) in [6.07, 6.45) is 6.44. The predicted octanol–water partition coefficient (Wildman–Crippen LogP) is 2.30. The van der Waals surface area contributed by atoms with E-state index in [1.807, 2.05) is 42.1 Å². The third-order valence-electron chi connectivity index (χ3n) is 5.07. The van der Waals surface area contributed by atoms with Crippen molar-refractivity contribution in [2.45, 2.75) is 12.5 Å². The first-order chi connectivity index (χ1) is 13.7. The second kappa shape index (κ2) is 6.65. The van der Waals surface area contributed by atoms with Gasteiger partial charge >= 0.3 is 0 Å². The first kappa shape index (κ1) is 16.8. The Balaban J connectivity index is 1.55. The number of nitrogens with zero attached hydrogens (tertiary/aromatic N) is 5. The van der Waals surface area contributed by atoms with Crippen LogP contribution >= 0.6 is 0 Å². The maximum Gasteiger partial charge on any atom is 0.140 e. The minimum atomic E-state index is 0.183. The van der Waals surface area contributed by atoms with Gasteiger partial charge in [-0.3, -0.25) is 9.25 Å². The van der Waals surface area contributed by atoms with Gasteiger partial charge in [0.1, 0.15) is 23.7 Å². The molecule has 4 heterocycles. The number of fused-ring (bicyclic) bond motifs is 1. The molecule has 1 aromatic carbocycles. The van der Waals surface area contributed by atoms with Crippen LogP contribution in [0.5, 0.6) is 5.75 Å². The van der Waals surface area contributed by atoms with Crippen molar-refractivity contribution in [3.63, 3.8) is 0 Å². The molecule has 0 saturated carbocycles. The Hall–Kier alpha value is -3.39. The number of phenolic OH excluding ortho intramolecular Hbond substituents is 1. The molecule has 0 spiro atoms. The molecule has 3 N–H and O–H groups in total. The van der Waals surface area contributed by atoms with Gasteiger partial charge in [-0.1, -0.05) is 6.07 Å². The fourth-order valence-corrected chi connectivity index (χ4v) is 3.64. The Morgan fingerprint density at radius 3 is 3.00 bits per heavy atom. The van der Waals surface area contributed by atoms with Crippen molar-refractivity contribution in [2.24, 2.45) is 7.05 Å². The topological polar surface area (TPSA) is 92.8 Å². The van der Waals surface area contributed by atoms with E-state index in [4.69, 9.17) is 4.98 Å². The van der Waals surface area contributed by atoms with Crippen LogP contribution in [0.25, 0.3) is 28.0 Å². The summed E-state index contributed by atoms with van der Waals surface area (Å²) in [4.78, 5) is 9.20. The summed E-state index contributed by atoms with van der Waals surface area (Å²) in [6.45, 7) is 1.98. The number of hydrogen-bond acceptors (Lipinski definition) is 6. The van der Waals surface area contributed by atoms with Crippen LogP contribution in [0, 0.1) is 0 Å². The van der Waals surface area contributed by atoms with Gasteiger partial charge in [0.05, 0.1) is 17.2 Å². The van der Waals surface area contributed by atoms with Crippen LogP contribution in [0.2, 0.25) is 0 Å². The average molecular weight is 375 g/mol. The molecule has 1 saturated heterocycles. The van der Waals surface area contributed by atoms with Crippen molar-refractivity contribution in [1.82, 2.24) is 29.6 Å². The zero-order valence-corrected chi connectivity index (χ0v) is 15.5. The number of anilines is 1. The highest BCUT2D eigenvalue weighted by atomic mass is 16.3. The highest BCUT2D eigenvalue weighted by Gasteiger charge is 2.16. The van der Waals surface area contributed by atoms with Crippen LogP contribution in [0.15, 0.2) is 49.1 Å².